The van der Waals surface area contributed by atoms with Crippen LogP contribution >= 0.6 is 0 Å². The number of aliphatic imine (C=N–C) groups is 1. The van der Waals surface area contributed by atoms with Crippen molar-refractivity contribution in [2.45, 2.75) is 12.8 Å². The molecular weight excluding hydrogens is 312 g/mol. The monoisotopic (exact) mass is 338 g/mol. The molecule has 1 aliphatic heterocycles. The van der Waals surface area contributed by atoms with Gasteiger partial charge in [-0.05, 0) is 56.6 Å². The quantitative estimate of drug-likeness (QED) is 0.646. The van der Waals surface area contributed by atoms with Gasteiger partial charge in [-0.1, -0.05) is 24.3 Å². The van der Waals surface area contributed by atoms with Crippen LogP contribution in [0.15, 0.2) is 59.6 Å². The molecule has 5 heteroatoms. The number of rotatable bonds is 5. The van der Waals surface area contributed by atoms with E-state index in [1.54, 1.807) is 0 Å². The van der Waals surface area contributed by atoms with Gasteiger partial charge >= 0.3 is 0 Å². The van der Waals surface area contributed by atoms with Crippen LogP contribution in [0, 0.1) is 5.92 Å². The molecule has 0 bridgehead atoms. The molecule has 0 saturated carbocycles. The first-order valence-corrected chi connectivity index (χ1v) is 8.77. The van der Waals surface area contributed by atoms with E-state index in [2.05, 4.69) is 22.3 Å². The molecule has 5 nitrogen and oxygen atoms in total. The smallest absolute Gasteiger partial charge is 0.193 e. The van der Waals surface area contributed by atoms with Crippen LogP contribution in [0.4, 0.5) is 5.69 Å². The van der Waals surface area contributed by atoms with E-state index in [1.807, 2.05) is 54.6 Å². The molecule has 1 saturated heterocycles. The Hall–Kier alpha value is -2.53. The molecule has 25 heavy (non-hydrogen) atoms. The van der Waals surface area contributed by atoms with Crippen LogP contribution in [0.25, 0.3) is 0 Å². The van der Waals surface area contributed by atoms with Crippen molar-refractivity contribution in [2.75, 3.05) is 32.0 Å². The lowest BCUT2D eigenvalue weighted by molar-refractivity contribution is 0.214. The molecule has 0 radical (unpaired) electrons. The SMILES string of the molecule is CN1CCCC(CN=C(N)Nc2cccc(Oc3ccccc3)c2)C1. The van der Waals surface area contributed by atoms with Gasteiger partial charge in [-0.2, -0.15) is 0 Å². The van der Waals surface area contributed by atoms with E-state index >= 15 is 0 Å². The van der Waals surface area contributed by atoms with Gasteiger partial charge in [0, 0.05) is 24.8 Å². The van der Waals surface area contributed by atoms with Gasteiger partial charge in [0.2, 0.25) is 0 Å². The van der Waals surface area contributed by atoms with E-state index in [4.69, 9.17) is 10.5 Å². The summed E-state index contributed by atoms with van der Waals surface area (Å²) in [6.07, 6.45) is 2.46. The number of guanidine groups is 1. The number of ether oxygens (including phenoxy) is 1. The molecule has 2 aromatic carbocycles. The molecule has 0 aliphatic carbocycles. The van der Waals surface area contributed by atoms with Crippen molar-refractivity contribution in [1.29, 1.82) is 0 Å². The number of nitrogens with zero attached hydrogens (tertiary/aromatic N) is 2. The van der Waals surface area contributed by atoms with E-state index in [1.165, 1.54) is 19.4 Å². The van der Waals surface area contributed by atoms with Gasteiger partial charge in [0.05, 0.1) is 0 Å². The molecule has 1 fully saturated rings. The summed E-state index contributed by atoms with van der Waals surface area (Å²) in [7, 11) is 2.16. The van der Waals surface area contributed by atoms with Crippen molar-refractivity contribution in [2.24, 2.45) is 16.6 Å². The Morgan fingerprint density at radius 2 is 2.00 bits per heavy atom. The largest absolute Gasteiger partial charge is 0.457 e. The van der Waals surface area contributed by atoms with Crippen LogP contribution in [0.1, 0.15) is 12.8 Å². The van der Waals surface area contributed by atoms with Crippen molar-refractivity contribution in [3.63, 3.8) is 0 Å². The highest BCUT2D eigenvalue weighted by Gasteiger charge is 2.16. The highest BCUT2D eigenvalue weighted by molar-refractivity contribution is 5.92. The second-order valence-corrected chi connectivity index (χ2v) is 6.56. The predicted octanol–water partition coefficient (Wildman–Crippen LogP) is 3.55. The number of nitrogens with two attached hydrogens (primary N) is 1. The summed E-state index contributed by atoms with van der Waals surface area (Å²) < 4.78 is 5.84. The second-order valence-electron chi connectivity index (χ2n) is 6.56. The minimum Gasteiger partial charge on any atom is -0.457 e. The number of anilines is 1. The van der Waals surface area contributed by atoms with Crippen molar-refractivity contribution in [3.8, 4) is 11.5 Å². The van der Waals surface area contributed by atoms with Gasteiger partial charge in [-0.3, -0.25) is 4.99 Å². The Bertz CT molecular complexity index is 702. The Morgan fingerprint density at radius 3 is 2.80 bits per heavy atom. The van der Waals surface area contributed by atoms with Gasteiger partial charge in [-0.15, -0.1) is 0 Å². The summed E-state index contributed by atoms with van der Waals surface area (Å²) in [5, 5.41) is 3.15. The molecule has 3 N–H and O–H groups in total. The van der Waals surface area contributed by atoms with Crippen LogP contribution < -0.4 is 15.8 Å². The third kappa shape index (κ3) is 5.50. The second kappa shape index (κ2) is 8.53. The van der Waals surface area contributed by atoms with E-state index < -0.39 is 0 Å². The molecule has 3 rings (SSSR count). The minimum absolute atomic E-state index is 0.449. The summed E-state index contributed by atoms with van der Waals surface area (Å²) in [6, 6.07) is 17.4. The summed E-state index contributed by atoms with van der Waals surface area (Å²) in [4.78, 5) is 6.87. The standard InChI is InChI=1S/C20H26N4O/c1-24-12-6-7-16(15-24)14-22-20(21)23-17-8-5-11-19(13-17)25-18-9-3-2-4-10-18/h2-5,8-11,13,16H,6-7,12,14-15H2,1H3,(H3,21,22,23). The molecular formula is C20H26N4O. The van der Waals surface area contributed by atoms with Crippen LogP contribution in [0.2, 0.25) is 0 Å². The number of hydrogen-bond acceptors (Lipinski definition) is 3. The number of benzene rings is 2. The number of likely N-dealkylation sites (tertiary alicyclic amines) is 1. The van der Waals surface area contributed by atoms with Crippen LogP contribution in [0.3, 0.4) is 0 Å². The maximum Gasteiger partial charge on any atom is 0.193 e. The number of nitrogens with one attached hydrogen (secondary N) is 1. The third-order valence-electron chi connectivity index (χ3n) is 4.33. The average Bonchev–Trinajstić information content (AvgIpc) is 2.61. The van der Waals surface area contributed by atoms with E-state index in [0.29, 0.717) is 11.9 Å². The number of piperidine rings is 1. The predicted molar refractivity (Wildman–Crippen MR) is 103 cm³/mol. The molecule has 0 spiro atoms. The van der Waals surface area contributed by atoms with Gasteiger partial charge in [-0.25, -0.2) is 0 Å². The van der Waals surface area contributed by atoms with Gasteiger partial charge < -0.3 is 20.7 Å². The molecule has 1 atom stereocenters. The van der Waals surface area contributed by atoms with Crippen molar-refractivity contribution in [1.82, 2.24) is 4.90 Å². The molecule has 2 aromatic rings. The van der Waals surface area contributed by atoms with Crippen LogP contribution in [0.5, 0.6) is 11.5 Å². The third-order valence-corrected chi connectivity index (χ3v) is 4.33. The first kappa shape index (κ1) is 17.3. The summed E-state index contributed by atoms with van der Waals surface area (Å²) in [5.74, 6) is 2.61. The average molecular weight is 338 g/mol. The molecule has 1 aliphatic rings. The molecule has 0 amide bonds. The minimum atomic E-state index is 0.449. The lowest BCUT2D eigenvalue weighted by Crippen LogP contribution is -2.34. The Labute approximate surface area is 149 Å². The van der Waals surface area contributed by atoms with Crippen LogP contribution in [-0.4, -0.2) is 37.5 Å². The molecule has 0 aromatic heterocycles. The maximum absolute atomic E-state index is 6.04. The van der Waals surface area contributed by atoms with Gasteiger partial charge in [0.1, 0.15) is 11.5 Å². The Kier molecular flexibility index (Phi) is 5.90. The Morgan fingerprint density at radius 1 is 1.20 bits per heavy atom. The highest BCUT2D eigenvalue weighted by Crippen LogP contribution is 2.23. The molecule has 1 heterocycles. The van der Waals surface area contributed by atoms with Crippen molar-refractivity contribution >= 4 is 11.6 Å². The lowest BCUT2D eigenvalue weighted by Gasteiger charge is -2.28. The fraction of sp³-hybridized carbons (Fsp3) is 0.350. The van der Waals surface area contributed by atoms with Gasteiger partial charge in [0.15, 0.2) is 5.96 Å². The normalized spacial score (nSPS) is 18.8. The molecule has 1 unspecified atom stereocenters. The highest BCUT2D eigenvalue weighted by atomic mass is 16.5. The first-order chi connectivity index (χ1) is 12.2. The number of hydrogen-bond donors (Lipinski definition) is 2. The topological polar surface area (TPSA) is 62.9 Å². The summed E-state index contributed by atoms with van der Waals surface area (Å²) in [5.41, 5.74) is 6.92. The Balaban J connectivity index is 1.56. The maximum atomic E-state index is 6.04. The fourth-order valence-corrected chi connectivity index (χ4v) is 3.10. The van der Waals surface area contributed by atoms with Crippen LogP contribution in [-0.2, 0) is 0 Å². The van der Waals surface area contributed by atoms with Gasteiger partial charge in [0.25, 0.3) is 0 Å². The summed E-state index contributed by atoms with van der Waals surface area (Å²) >= 11 is 0. The zero-order valence-electron chi connectivity index (χ0n) is 14.7. The zero-order valence-corrected chi connectivity index (χ0v) is 14.7. The van der Waals surface area contributed by atoms with Crippen molar-refractivity contribution < 1.29 is 4.74 Å². The van der Waals surface area contributed by atoms with E-state index in [9.17, 15) is 0 Å². The van der Waals surface area contributed by atoms with Crippen molar-refractivity contribution in [3.05, 3.63) is 54.6 Å². The van der Waals surface area contributed by atoms with E-state index in [0.717, 1.165) is 30.3 Å². The first-order valence-electron chi connectivity index (χ1n) is 8.77. The lowest BCUT2D eigenvalue weighted by atomic mass is 9.99. The summed E-state index contributed by atoms with van der Waals surface area (Å²) in [6.45, 7) is 3.04. The zero-order chi connectivity index (χ0) is 17.5. The number of para-hydroxylation sites is 1. The molecule has 132 valence electrons. The fourth-order valence-electron chi connectivity index (χ4n) is 3.10. The van der Waals surface area contributed by atoms with E-state index in [-0.39, 0.29) is 0 Å².